The molecular weight excluding hydrogens is 186 g/mol. The zero-order chi connectivity index (χ0) is 11.1. The zero-order valence-corrected chi connectivity index (χ0v) is 10.1. The summed E-state index contributed by atoms with van der Waals surface area (Å²) in [6.07, 6.45) is 4.30. The van der Waals surface area contributed by atoms with Gasteiger partial charge in [0.25, 0.3) is 0 Å². The molecule has 2 rings (SSSR count). The average Bonchev–Trinajstić information content (AvgIpc) is 2.92. The van der Waals surface area contributed by atoms with Crippen LogP contribution in [-0.2, 0) is 0 Å². The Hall–Kier alpha value is -0.730. The first-order valence-electron chi connectivity index (χ1n) is 6.04. The number of nitrogens with zero attached hydrogens (tertiary/aromatic N) is 1. The highest BCUT2D eigenvalue weighted by Gasteiger charge is 2.46. The highest BCUT2D eigenvalue weighted by atomic mass is 15.1. The predicted octanol–water partition coefficient (Wildman–Crippen LogP) is 1.74. The van der Waals surface area contributed by atoms with Gasteiger partial charge < -0.3 is 11.1 Å². The van der Waals surface area contributed by atoms with Crippen LogP contribution in [-0.4, -0.2) is 18.0 Å². The maximum Gasteiger partial charge on any atom is 0.188 e. The van der Waals surface area contributed by atoms with Crippen LogP contribution < -0.4 is 11.1 Å². The first-order chi connectivity index (χ1) is 6.96. The Balaban J connectivity index is 1.69. The normalized spacial score (nSPS) is 31.5. The molecule has 0 heterocycles. The van der Waals surface area contributed by atoms with Crippen LogP contribution >= 0.6 is 0 Å². The largest absolute Gasteiger partial charge is 0.370 e. The molecule has 2 aliphatic rings. The average molecular weight is 209 g/mol. The lowest BCUT2D eigenvalue weighted by molar-refractivity contribution is 0.507. The monoisotopic (exact) mass is 209 g/mol. The van der Waals surface area contributed by atoms with Crippen molar-refractivity contribution in [2.45, 2.75) is 45.6 Å². The van der Waals surface area contributed by atoms with E-state index in [0.29, 0.717) is 5.96 Å². The van der Waals surface area contributed by atoms with Gasteiger partial charge in [0.2, 0.25) is 0 Å². The van der Waals surface area contributed by atoms with E-state index in [1.807, 2.05) is 0 Å². The second kappa shape index (κ2) is 3.69. The van der Waals surface area contributed by atoms with E-state index in [1.54, 1.807) is 0 Å². The highest BCUT2D eigenvalue weighted by Crippen LogP contribution is 2.54. The molecule has 3 N–H and O–H groups in total. The lowest BCUT2D eigenvalue weighted by Crippen LogP contribution is -2.45. The van der Waals surface area contributed by atoms with Crippen LogP contribution in [0.3, 0.4) is 0 Å². The van der Waals surface area contributed by atoms with E-state index in [1.165, 1.54) is 19.3 Å². The third kappa shape index (κ3) is 3.40. The molecule has 0 saturated heterocycles. The number of aliphatic imine (C=N–C) groups is 1. The molecule has 0 bridgehead atoms. The van der Waals surface area contributed by atoms with Gasteiger partial charge >= 0.3 is 0 Å². The maximum atomic E-state index is 5.81. The lowest BCUT2D eigenvalue weighted by Gasteiger charge is -2.20. The fourth-order valence-electron chi connectivity index (χ4n) is 2.22. The molecular formula is C12H23N3. The van der Waals surface area contributed by atoms with Gasteiger partial charge in [-0.3, -0.25) is 4.99 Å². The summed E-state index contributed by atoms with van der Waals surface area (Å²) in [7, 11) is 0. The van der Waals surface area contributed by atoms with Crippen LogP contribution in [0, 0.1) is 17.8 Å². The van der Waals surface area contributed by atoms with E-state index < -0.39 is 0 Å². The number of guanidine groups is 1. The van der Waals surface area contributed by atoms with Crippen LogP contribution in [0.4, 0.5) is 0 Å². The quantitative estimate of drug-likeness (QED) is 0.549. The number of rotatable bonds is 3. The van der Waals surface area contributed by atoms with E-state index in [-0.39, 0.29) is 5.54 Å². The topological polar surface area (TPSA) is 50.4 Å². The molecule has 0 aromatic carbocycles. The van der Waals surface area contributed by atoms with Crippen molar-refractivity contribution in [3.8, 4) is 0 Å². The Morgan fingerprint density at radius 1 is 1.40 bits per heavy atom. The lowest BCUT2D eigenvalue weighted by atomic mass is 10.1. The van der Waals surface area contributed by atoms with Gasteiger partial charge in [-0.15, -0.1) is 0 Å². The summed E-state index contributed by atoms with van der Waals surface area (Å²) in [5.74, 6) is 3.46. The van der Waals surface area contributed by atoms with Gasteiger partial charge in [0, 0.05) is 12.1 Å². The summed E-state index contributed by atoms with van der Waals surface area (Å²) in [6.45, 7) is 7.22. The van der Waals surface area contributed by atoms with E-state index in [4.69, 9.17) is 5.73 Å². The first kappa shape index (κ1) is 10.8. The van der Waals surface area contributed by atoms with Gasteiger partial charge in [-0.25, -0.2) is 0 Å². The minimum Gasteiger partial charge on any atom is -0.370 e. The maximum absolute atomic E-state index is 5.81. The van der Waals surface area contributed by atoms with Gasteiger partial charge in [-0.2, -0.15) is 0 Å². The van der Waals surface area contributed by atoms with Crippen LogP contribution in [0.2, 0.25) is 0 Å². The molecule has 2 saturated carbocycles. The Kier molecular flexibility index (Phi) is 2.65. The van der Waals surface area contributed by atoms with Crippen molar-refractivity contribution in [1.82, 2.24) is 5.32 Å². The molecule has 0 aromatic heterocycles. The number of nitrogens with two attached hydrogens (primary N) is 1. The van der Waals surface area contributed by atoms with E-state index in [2.05, 4.69) is 31.1 Å². The fraction of sp³-hybridized carbons (Fsp3) is 0.917. The minimum atomic E-state index is 0.0209. The second-order valence-electron chi connectivity index (χ2n) is 6.10. The molecule has 0 radical (unpaired) electrons. The summed E-state index contributed by atoms with van der Waals surface area (Å²) in [6, 6.07) is 0. The molecule has 0 spiro atoms. The third-order valence-corrected chi connectivity index (χ3v) is 3.20. The molecule has 0 unspecified atom stereocenters. The fourth-order valence-corrected chi connectivity index (χ4v) is 2.22. The highest BCUT2D eigenvalue weighted by molar-refractivity contribution is 5.78. The van der Waals surface area contributed by atoms with Crippen LogP contribution in [0.25, 0.3) is 0 Å². The Labute approximate surface area is 92.5 Å². The molecule has 2 aliphatic carbocycles. The van der Waals surface area contributed by atoms with Gasteiger partial charge in [0.15, 0.2) is 5.96 Å². The summed E-state index contributed by atoms with van der Waals surface area (Å²) < 4.78 is 0. The molecule has 2 fully saturated rings. The number of nitrogens with one attached hydrogen (secondary N) is 1. The van der Waals surface area contributed by atoms with Crippen molar-refractivity contribution >= 4 is 5.96 Å². The summed E-state index contributed by atoms with van der Waals surface area (Å²) >= 11 is 0. The summed E-state index contributed by atoms with van der Waals surface area (Å²) in [4.78, 5) is 4.42. The molecule has 0 aliphatic heterocycles. The first-order valence-corrected chi connectivity index (χ1v) is 6.04. The van der Waals surface area contributed by atoms with Crippen molar-refractivity contribution in [3.63, 3.8) is 0 Å². The van der Waals surface area contributed by atoms with Crippen molar-refractivity contribution in [2.24, 2.45) is 28.5 Å². The van der Waals surface area contributed by atoms with Crippen molar-refractivity contribution in [1.29, 1.82) is 0 Å². The summed E-state index contributed by atoms with van der Waals surface area (Å²) in [5, 5.41) is 3.19. The van der Waals surface area contributed by atoms with Crippen molar-refractivity contribution < 1.29 is 0 Å². The van der Waals surface area contributed by atoms with Gasteiger partial charge in [-0.05, 0) is 57.8 Å². The Morgan fingerprint density at radius 3 is 2.60 bits per heavy atom. The van der Waals surface area contributed by atoms with Crippen LogP contribution in [0.5, 0.6) is 0 Å². The van der Waals surface area contributed by atoms with Crippen molar-refractivity contribution in [3.05, 3.63) is 0 Å². The predicted molar refractivity (Wildman–Crippen MR) is 63.7 cm³/mol. The standard InChI is InChI=1S/C12H23N3/c1-12(2,3)15-11(13)14-7-9-6-10(9)8-4-5-8/h8-10H,4-7H2,1-3H3,(H3,13,14,15)/t9-,10-/m0/s1. The molecule has 2 atom stereocenters. The molecule has 0 amide bonds. The van der Waals surface area contributed by atoms with Crippen LogP contribution in [0.15, 0.2) is 4.99 Å². The second-order valence-corrected chi connectivity index (χ2v) is 6.10. The van der Waals surface area contributed by atoms with Gasteiger partial charge in [-0.1, -0.05) is 0 Å². The van der Waals surface area contributed by atoms with Gasteiger partial charge in [0.05, 0.1) is 0 Å². The van der Waals surface area contributed by atoms with E-state index >= 15 is 0 Å². The van der Waals surface area contributed by atoms with E-state index in [9.17, 15) is 0 Å². The molecule has 86 valence electrons. The molecule has 15 heavy (non-hydrogen) atoms. The third-order valence-electron chi connectivity index (χ3n) is 3.20. The smallest absolute Gasteiger partial charge is 0.188 e. The van der Waals surface area contributed by atoms with E-state index in [0.717, 1.165) is 24.3 Å². The minimum absolute atomic E-state index is 0.0209. The van der Waals surface area contributed by atoms with Crippen molar-refractivity contribution in [2.75, 3.05) is 6.54 Å². The summed E-state index contributed by atoms with van der Waals surface area (Å²) in [5.41, 5.74) is 5.83. The molecule has 3 heteroatoms. The Bertz CT molecular complexity index is 261. The number of hydrogen-bond donors (Lipinski definition) is 2. The molecule has 0 aromatic rings. The zero-order valence-electron chi connectivity index (χ0n) is 10.1. The van der Waals surface area contributed by atoms with Crippen LogP contribution in [0.1, 0.15) is 40.0 Å². The molecule has 3 nitrogen and oxygen atoms in total. The SMILES string of the molecule is CC(C)(C)NC(N)=NC[C@@H]1C[C@H]1C1CC1. The Morgan fingerprint density at radius 2 is 2.07 bits per heavy atom. The van der Waals surface area contributed by atoms with Gasteiger partial charge in [0.1, 0.15) is 0 Å². The number of hydrogen-bond acceptors (Lipinski definition) is 1.